The fourth-order valence-electron chi connectivity index (χ4n) is 0. The van der Waals surface area contributed by atoms with Crippen LogP contribution in [0.2, 0.25) is 0 Å². The molecule has 9 heavy (non-hydrogen) atoms. The molecular weight excluding hydrogens is 112 g/mol. The van der Waals surface area contributed by atoms with Gasteiger partial charge in [-0.05, 0) is 6.42 Å². The quantitative estimate of drug-likeness (QED) is 0.544. The number of hydrogen-bond donors (Lipinski definition) is 1. The zero-order chi connectivity index (χ0) is 8.12. The molecule has 0 aliphatic rings. The van der Waals surface area contributed by atoms with Gasteiger partial charge in [0.05, 0.1) is 0 Å². The lowest BCUT2D eigenvalue weighted by molar-refractivity contribution is 0.399. The van der Waals surface area contributed by atoms with E-state index in [-0.39, 0.29) is 0 Å². The highest BCUT2D eigenvalue weighted by Gasteiger charge is 1.45. The van der Waals surface area contributed by atoms with E-state index in [4.69, 9.17) is 5.11 Å². The van der Waals surface area contributed by atoms with Crippen LogP contribution in [0.3, 0.4) is 0 Å². The maximum Gasteiger partial charge on any atom is 0.0319 e. The molecule has 0 heterocycles. The Labute approximate surface area is 59.4 Å². The lowest BCUT2D eigenvalue weighted by Gasteiger charge is -1.57. The van der Waals surface area contributed by atoms with Gasteiger partial charge in [0.2, 0.25) is 0 Å². The van der Waals surface area contributed by atoms with Crippen molar-refractivity contribution in [2.24, 2.45) is 0 Å². The SMILES string of the molecule is C=CCC.CCC.CO. The van der Waals surface area contributed by atoms with Crippen LogP contribution in [0.25, 0.3) is 0 Å². The first-order valence-corrected chi connectivity index (χ1v) is 3.39. The van der Waals surface area contributed by atoms with Crippen molar-refractivity contribution in [3.8, 4) is 0 Å². The summed E-state index contributed by atoms with van der Waals surface area (Å²) < 4.78 is 0. The standard InChI is InChI=1S/C4H8.C3H8.CH4O/c1-3-4-2;1-3-2;1-2/h3H,1,4H2,2H3;3H2,1-2H3;2H,1H3. The highest BCUT2D eigenvalue weighted by atomic mass is 16.2. The van der Waals surface area contributed by atoms with E-state index in [1.165, 1.54) is 6.42 Å². The molecule has 0 aromatic rings. The number of rotatable bonds is 1. The molecule has 1 N–H and O–H groups in total. The van der Waals surface area contributed by atoms with Gasteiger partial charge in [-0.2, -0.15) is 0 Å². The Morgan fingerprint density at radius 1 is 1.22 bits per heavy atom. The molecular formula is C8H20O. The van der Waals surface area contributed by atoms with Crippen molar-refractivity contribution < 1.29 is 5.11 Å². The minimum Gasteiger partial charge on any atom is -0.400 e. The highest BCUT2D eigenvalue weighted by Crippen LogP contribution is 1.66. The van der Waals surface area contributed by atoms with Crippen molar-refractivity contribution >= 4 is 0 Å². The zero-order valence-electron chi connectivity index (χ0n) is 7.15. The van der Waals surface area contributed by atoms with Crippen LogP contribution in [0, 0.1) is 0 Å². The number of aliphatic hydroxyl groups is 1. The van der Waals surface area contributed by atoms with Crippen LogP contribution in [0.15, 0.2) is 12.7 Å². The predicted octanol–water partition coefficient (Wildman–Crippen LogP) is 2.61. The molecule has 0 rings (SSSR count). The van der Waals surface area contributed by atoms with Crippen LogP contribution in [-0.4, -0.2) is 12.2 Å². The minimum atomic E-state index is 1.00. The maximum atomic E-state index is 7.00. The lowest BCUT2D eigenvalue weighted by atomic mass is 10.5. The molecule has 0 atom stereocenters. The van der Waals surface area contributed by atoms with Gasteiger partial charge in [-0.15, -0.1) is 6.58 Å². The van der Waals surface area contributed by atoms with Gasteiger partial charge in [0.15, 0.2) is 0 Å². The summed E-state index contributed by atoms with van der Waals surface area (Å²) in [6, 6.07) is 0. The van der Waals surface area contributed by atoms with Crippen LogP contribution in [-0.2, 0) is 0 Å². The van der Waals surface area contributed by atoms with E-state index in [0.717, 1.165) is 13.5 Å². The molecule has 0 fully saturated rings. The average molecular weight is 132 g/mol. The maximum absolute atomic E-state index is 7.00. The van der Waals surface area contributed by atoms with Crippen LogP contribution in [0.4, 0.5) is 0 Å². The average Bonchev–Trinajstić information content (AvgIpc) is 1.94. The van der Waals surface area contributed by atoms with E-state index in [9.17, 15) is 0 Å². The Kier molecular flexibility index (Phi) is 83.6. The third-order valence-electron chi connectivity index (χ3n) is 0.289. The first-order valence-electron chi connectivity index (χ1n) is 3.39. The molecule has 0 aromatic carbocycles. The molecule has 0 spiro atoms. The number of hydrogen-bond acceptors (Lipinski definition) is 1. The van der Waals surface area contributed by atoms with Crippen molar-refractivity contribution in [1.29, 1.82) is 0 Å². The monoisotopic (exact) mass is 132 g/mol. The highest BCUT2D eigenvalue weighted by molar-refractivity contribution is 4.60. The van der Waals surface area contributed by atoms with Gasteiger partial charge in [-0.1, -0.05) is 33.3 Å². The normalized spacial score (nSPS) is 5.44. The molecule has 0 amide bonds. The molecule has 0 bridgehead atoms. The molecule has 0 aliphatic heterocycles. The van der Waals surface area contributed by atoms with Gasteiger partial charge >= 0.3 is 0 Å². The number of allylic oxidation sites excluding steroid dienone is 1. The summed E-state index contributed by atoms with van der Waals surface area (Å²) in [5.74, 6) is 0. The fraction of sp³-hybridized carbons (Fsp3) is 0.750. The second-order valence-corrected chi connectivity index (χ2v) is 1.40. The summed E-state index contributed by atoms with van der Waals surface area (Å²) in [5.41, 5.74) is 0. The Balaban J connectivity index is -0.0000000646. The van der Waals surface area contributed by atoms with Crippen LogP contribution in [0.5, 0.6) is 0 Å². The molecule has 1 nitrogen and oxygen atoms in total. The third-order valence-corrected chi connectivity index (χ3v) is 0.289. The number of aliphatic hydroxyl groups excluding tert-OH is 1. The molecule has 0 aliphatic carbocycles. The molecule has 58 valence electrons. The Hall–Kier alpha value is -0.300. The van der Waals surface area contributed by atoms with Gasteiger partial charge in [0.1, 0.15) is 0 Å². The van der Waals surface area contributed by atoms with Crippen molar-refractivity contribution in [2.45, 2.75) is 33.6 Å². The summed E-state index contributed by atoms with van der Waals surface area (Å²) in [6.45, 7) is 9.79. The molecule has 0 saturated heterocycles. The summed E-state index contributed by atoms with van der Waals surface area (Å²) in [7, 11) is 1.00. The van der Waals surface area contributed by atoms with E-state index in [2.05, 4.69) is 27.4 Å². The Morgan fingerprint density at radius 2 is 1.33 bits per heavy atom. The zero-order valence-corrected chi connectivity index (χ0v) is 7.15. The van der Waals surface area contributed by atoms with Crippen LogP contribution < -0.4 is 0 Å². The van der Waals surface area contributed by atoms with Crippen molar-refractivity contribution in [3.63, 3.8) is 0 Å². The van der Waals surface area contributed by atoms with E-state index < -0.39 is 0 Å². The van der Waals surface area contributed by atoms with E-state index >= 15 is 0 Å². The minimum absolute atomic E-state index is 1.00. The smallest absolute Gasteiger partial charge is 0.0319 e. The second kappa shape index (κ2) is 47.4. The third kappa shape index (κ3) is 511. The summed E-state index contributed by atoms with van der Waals surface area (Å²) in [4.78, 5) is 0. The second-order valence-electron chi connectivity index (χ2n) is 1.40. The Morgan fingerprint density at radius 3 is 1.33 bits per heavy atom. The molecule has 0 radical (unpaired) electrons. The summed E-state index contributed by atoms with van der Waals surface area (Å²) in [6.07, 6.45) is 4.21. The van der Waals surface area contributed by atoms with Crippen molar-refractivity contribution in [1.82, 2.24) is 0 Å². The van der Waals surface area contributed by atoms with Gasteiger partial charge < -0.3 is 5.11 Å². The van der Waals surface area contributed by atoms with Crippen LogP contribution >= 0.6 is 0 Å². The topological polar surface area (TPSA) is 20.2 Å². The predicted molar refractivity (Wildman–Crippen MR) is 44.6 cm³/mol. The van der Waals surface area contributed by atoms with E-state index in [1.54, 1.807) is 0 Å². The molecule has 0 aromatic heterocycles. The molecule has 0 saturated carbocycles. The lowest BCUT2D eigenvalue weighted by Crippen LogP contribution is -1.36. The summed E-state index contributed by atoms with van der Waals surface area (Å²) in [5, 5.41) is 7.00. The van der Waals surface area contributed by atoms with Gasteiger partial charge in [-0.3, -0.25) is 0 Å². The van der Waals surface area contributed by atoms with Gasteiger partial charge in [0.25, 0.3) is 0 Å². The summed E-state index contributed by atoms with van der Waals surface area (Å²) >= 11 is 0. The van der Waals surface area contributed by atoms with Crippen LogP contribution in [0.1, 0.15) is 33.6 Å². The van der Waals surface area contributed by atoms with Gasteiger partial charge in [0, 0.05) is 7.11 Å². The van der Waals surface area contributed by atoms with Crippen molar-refractivity contribution in [2.75, 3.05) is 7.11 Å². The molecule has 1 heteroatoms. The molecule has 0 unspecified atom stereocenters. The van der Waals surface area contributed by atoms with E-state index in [0.29, 0.717) is 0 Å². The van der Waals surface area contributed by atoms with E-state index in [1.807, 2.05) is 6.08 Å². The van der Waals surface area contributed by atoms with Gasteiger partial charge in [-0.25, -0.2) is 0 Å². The fourth-order valence-corrected chi connectivity index (χ4v) is 0. The Bertz CT molecular complexity index is 25.7. The largest absolute Gasteiger partial charge is 0.400 e. The first-order chi connectivity index (χ1) is 4.33. The van der Waals surface area contributed by atoms with Crippen molar-refractivity contribution in [3.05, 3.63) is 12.7 Å². The first kappa shape index (κ1) is 15.9.